The Morgan fingerprint density at radius 3 is 2.00 bits per heavy atom. The van der Waals surface area contributed by atoms with Gasteiger partial charge < -0.3 is 0 Å². The Labute approximate surface area is 61.4 Å². The molecule has 0 radical (unpaired) electrons. The fourth-order valence-corrected chi connectivity index (χ4v) is 3.33. The van der Waals surface area contributed by atoms with Gasteiger partial charge in [-0.25, -0.2) is 0 Å². The fraction of sp³-hybridized carbons (Fsp3) is 1.00. The first-order chi connectivity index (χ1) is 4.45. The Morgan fingerprint density at radius 1 is 0.889 bits per heavy atom. The summed E-state index contributed by atoms with van der Waals surface area (Å²) < 4.78 is 0. The summed E-state index contributed by atoms with van der Waals surface area (Å²) in [6.07, 6.45) is 9.09. The second-order valence-corrected chi connectivity index (χ2v) is 4.86. The van der Waals surface area contributed by atoms with E-state index >= 15 is 0 Å². The van der Waals surface area contributed by atoms with Crippen molar-refractivity contribution in [3.63, 3.8) is 0 Å². The predicted molar refractivity (Wildman–Crippen MR) is 42.9 cm³/mol. The molecule has 3 aliphatic rings. The lowest BCUT2D eigenvalue weighted by Crippen LogP contribution is -2.27. The van der Waals surface area contributed by atoms with Crippen LogP contribution in [0.15, 0.2) is 0 Å². The van der Waals surface area contributed by atoms with Crippen molar-refractivity contribution < 1.29 is 0 Å². The molecule has 0 aromatic carbocycles. The molecule has 2 saturated heterocycles. The van der Waals surface area contributed by atoms with Crippen LogP contribution in [0.4, 0.5) is 0 Å². The van der Waals surface area contributed by atoms with Gasteiger partial charge in [-0.3, -0.25) is 0 Å². The highest BCUT2D eigenvalue weighted by Gasteiger charge is 2.29. The summed E-state index contributed by atoms with van der Waals surface area (Å²) in [5.74, 6) is 0. The van der Waals surface area contributed by atoms with E-state index in [1.165, 1.54) is 32.1 Å². The molecule has 3 rings (SSSR count). The molecule has 52 valence electrons. The van der Waals surface area contributed by atoms with Crippen LogP contribution in [0.3, 0.4) is 0 Å². The van der Waals surface area contributed by atoms with Gasteiger partial charge in [0.05, 0.1) is 0 Å². The Morgan fingerprint density at radius 2 is 1.44 bits per heavy atom. The highest BCUT2D eigenvalue weighted by molar-refractivity contribution is 8.01. The maximum Gasteiger partial charge on any atom is 0.00603 e. The molecule has 2 aliphatic heterocycles. The summed E-state index contributed by atoms with van der Waals surface area (Å²) in [5.41, 5.74) is 0. The van der Waals surface area contributed by atoms with E-state index in [1.54, 1.807) is 6.42 Å². The summed E-state index contributed by atoms with van der Waals surface area (Å²) in [4.78, 5) is 0. The molecule has 9 heavy (non-hydrogen) atoms. The van der Waals surface area contributed by atoms with Crippen LogP contribution in [-0.4, -0.2) is 10.5 Å². The first-order valence-corrected chi connectivity index (χ1v) is 5.05. The van der Waals surface area contributed by atoms with Gasteiger partial charge >= 0.3 is 0 Å². The maximum absolute atomic E-state index is 2.25. The Kier molecular flexibility index (Phi) is 1.71. The zero-order valence-electron chi connectivity index (χ0n) is 5.81. The standard InChI is InChI=1S/C8H14S/c1-2-4-7-6-8(9-7)5-3-1/h7-8H,1-6H2. The van der Waals surface area contributed by atoms with Crippen molar-refractivity contribution in [3.05, 3.63) is 0 Å². The van der Waals surface area contributed by atoms with Crippen molar-refractivity contribution in [1.82, 2.24) is 0 Å². The van der Waals surface area contributed by atoms with E-state index in [-0.39, 0.29) is 0 Å². The van der Waals surface area contributed by atoms with Gasteiger partial charge in [-0.05, 0) is 19.3 Å². The van der Waals surface area contributed by atoms with Crippen LogP contribution < -0.4 is 0 Å². The number of hydrogen-bond donors (Lipinski definition) is 0. The Bertz CT molecular complexity index is 79.2. The molecule has 1 heteroatoms. The van der Waals surface area contributed by atoms with Gasteiger partial charge in [0.25, 0.3) is 0 Å². The van der Waals surface area contributed by atoms with Gasteiger partial charge in [-0.2, -0.15) is 11.8 Å². The van der Waals surface area contributed by atoms with Crippen LogP contribution in [-0.2, 0) is 0 Å². The molecule has 1 aliphatic carbocycles. The monoisotopic (exact) mass is 142 g/mol. The second-order valence-electron chi connectivity index (χ2n) is 3.25. The normalized spacial score (nSPS) is 42.7. The molecule has 2 bridgehead atoms. The molecular weight excluding hydrogens is 128 g/mol. The predicted octanol–water partition coefficient (Wildman–Crippen LogP) is 2.82. The van der Waals surface area contributed by atoms with Crippen molar-refractivity contribution >= 4 is 11.8 Å². The van der Waals surface area contributed by atoms with Crippen LogP contribution in [0.2, 0.25) is 0 Å². The molecule has 3 fully saturated rings. The van der Waals surface area contributed by atoms with Gasteiger partial charge in [0.2, 0.25) is 0 Å². The maximum atomic E-state index is 2.25. The highest BCUT2D eigenvalue weighted by atomic mass is 32.2. The van der Waals surface area contributed by atoms with Crippen LogP contribution >= 0.6 is 11.8 Å². The van der Waals surface area contributed by atoms with E-state index in [2.05, 4.69) is 11.8 Å². The molecule has 2 unspecified atom stereocenters. The summed E-state index contributed by atoms with van der Waals surface area (Å²) in [5, 5.41) is 2.16. The van der Waals surface area contributed by atoms with Gasteiger partial charge in [-0.15, -0.1) is 0 Å². The van der Waals surface area contributed by atoms with E-state index in [4.69, 9.17) is 0 Å². The zero-order chi connectivity index (χ0) is 6.10. The lowest BCUT2D eigenvalue weighted by Gasteiger charge is -2.36. The van der Waals surface area contributed by atoms with Crippen LogP contribution in [0, 0.1) is 0 Å². The van der Waals surface area contributed by atoms with E-state index in [9.17, 15) is 0 Å². The van der Waals surface area contributed by atoms with Crippen molar-refractivity contribution in [1.29, 1.82) is 0 Å². The Balaban J connectivity index is 1.85. The van der Waals surface area contributed by atoms with E-state index in [0.29, 0.717) is 0 Å². The third-order valence-electron chi connectivity index (χ3n) is 2.46. The lowest BCUT2D eigenvalue weighted by atomic mass is 9.99. The number of fused-ring (bicyclic) bond motifs is 4. The van der Waals surface area contributed by atoms with Gasteiger partial charge in [0.15, 0.2) is 0 Å². The van der Waals surface area contributed by atoms with E-state index < -0.39 is 0 Å². The SMILES string of the molecule is C1CCC2CC(CC1)S2. The Hall–Kier alpha value is 0.350. The van der Waals surface area contributed by atoms with Crippen molar-refractivity contribution in [3.8, 4) is 0 Å². The molecule has 1 saturated carbocycles. The summed E-state index contributed by atoms with van der Waals surface area (Å²) in [7, 11) is 0. The topological polar surface area (TPSA) is 0 Å². The van der Waals surface area contributed by atoms with Crippen LogP contribution in [0.1, 0.15) is 38.5 Å². The average molecular weight is 142 g/mol. The van der Waals surface area contributed by atoms with Gasteiger partial charge in [0.1, 0.15) is 0 Å². The second kappa shape index (κ2) is 2.53. The third kappa shape index (κ3) is 1.26. The molecular formula is C8H14S. The van der Waals surface area contributed by atoms with Crippen molar-refractivity contribution in [2.45, 2.75) is 49.0 Å². The fourth-order valence-electron chi connectivity index (χ4n) is 1.85. The summed E-state index contributed by atoms with van der Waals surface area (Å²) in [6.45, 7) is 0. The number of rotatable bonds is 0. The minimum atomic E-state index is 1.08. The quantitative estimate of drug-likeness (QED) is 0.501. The molecule has 2 atom stereocenters. The van der Waals surface area contributed by atoms with Crippen molar-refractivity contribution in [2.24, 2.45) is 0 Å². The molecule has 0 N–H and O–H groups in total. The van der Waals surface area contributed by atoms with Gasteiger partial charge in [0, 0.05) is 10.5 Å². The van der Waals surface area contributed by atoms with Gasteiger partial charge in [-0.1, -0.05) is 19.3 Å². The van der Waals surface area contributed by atoms with Crippen LogP contribution in [0.5, 0.6) is 0 Å². The smallest absolute Gasteiger partial charge is 0.00603 e. The molecule has 0 nitrogen and oxygen atoms in total. The minimum Gasteiger partial charge on any atom is -0.155 e. The first kappa shape index (κ1) is 6.09. The van der Waals surface area contributed by atoms with E-state index in [0.717, 1.165) is 10.5 Å². The minimum absolute atomic E-state index is 1.08. The first-order valence-electron chi connectivity index (χ1n) is 4.10. The highest BCUT2D eigenvalue weighted by Crippen LogP contribution is 2.43. The largest absolute Gasteiger partial charge is 0.155 e. The number of hydrogen-bond acceptors (Lipinski definition) is 1. The molecule has 0 aromatic heterocycles. The average Bonchev–Trinajstić information content (AvgIpc) is 1.54. The lowest BCUT2D eigenvalue weighted by molar-refractivity contribution is 0.490. The molecule has 0 amide bonds. The molecule has 0 aromatic rings. The molecule has 0 spiro atoms. The summed E-state index contributed by atoms with van der Waals surface area (Å²) >= 11 is 2.25. The summed E-state index contributed by atoms with van der Waals surface area (Å²) in [6, 6.07) is 0. The van der Waals surface area contributed by atoms with Crippen LogP contribution in [0.25, 0.3) is 0 Å². The number of thioether (sulfide) groups is 1. The third-order valence-corrected chi connectivity index (χ3v) is 4.09. The molecule has 2 heterocycles. The van der Waals surface area contributed by atoms with Crippen molar-refractivity contribution in [2.75, 3.05) is 0 Å². The zero-order valence-corrected chi connectivity index (χ0v) is 6.62. The van der Waals surface area contributed by atoms with E-state index in [1.807, 2.05) is 0 Å².